The molecule has 0 aliphatic heterocycles. The lowest BCUT2D eigenvalue weighted by Crippen LogP contribution is -2.20. The molecule has 0 radical (unpaired) electrons. The van der Waals surface area contributed by atoms with Gasteiger partial charge in [-0.1, -0.05) is 12.1 Å². The molecule has 0 atom stereocenters. The fourth-order valence-corrected chi connectivity index (χ4v) is 1.41. The molecule has 2 N–H and O–H groups in total. The van der Waals surface area contributed by atoms with E-state index in [0.29, 0.717) is 11.5 Å². The van der Waals surface area contributed by atoms with Crippen molar-refractivity contribution in [1.82, 2.24) is 9.97 Å². The maximum Gasteiger partial charge on any atom is 0.176 e. The summed E-state index contributed by atoms with van der Waals surface area (Å²) in [6, 6.07) is 6.28. The first kappa shape index (κ1) is 11.4. The lowest BCUT2D eigenvalue weighted by Gasteiger charge is -2.09. The molecule has 0 spiro atoms. The molecule has 2 aromatic rings. The Labute approximate surface area is 103 Å². The number of anilines is 2. The highest BCUT2D eigenvalue weighted by atomic mass is 32.1. The maximum absolute atomic E-state index is 13.3. The molecule has 0 unspecified atom stereocenters. The number of nitrogens with one attached hydrogen (secondary N) is 2. The van der Waals surface area contributed by atoms with Crippen molar-refractivity contribution >= 4 is 28.8 Å². The maximum atomic E-state index is 13.3. The molecule has 2 rings (SSSR count). The van der Waals surface area contributed by atoms with Crippen LogP contribution in [-0.4, -0.2) is 15.1 Å². The third-order valence-corrected chi connectivity index (χ3v) is 2.13. The Morgan fingerprint density at radius 3 is 2.71 bits per heavy atom. The Balaban J connectivity index is 2.01. The van der Waals surface area contributed by atoms with Crippen molar-refractivity contribution in [3.63, 3.8) is 0 Å². The Hall–Kier alpha value is -2.08. The fraction of sp³-hybridized carbons (Fsp3) is 0. The topological polar surface area (TPSA) is 49.8 Å². The molecule has 0 aliphatic carbocycles. The summed E-state index contributed by atoms with van der Waals surface area (Å²) in [5.41, 5.74) is 0.314. The molecule has 0 fully saturated rings. The van der Waals surface area contributed by atoms with E-state index in [4.69, 9.17) is 12.2 Å². The quantitative estimate of drug-likeness (QED) is 0.799. The highest BCUT2D eigenvalue weighted by Gasteiger charge is 2.03. The molecule has 1 heterocycles. The summed E-state index contributed by atoms with van der Waals surface area (Å²) < 4.78 is 13.3. The van der Waals surface area contributed by atoms with E-state index in [0.717, 1.165) is 0 Å². The van der Waals surface area contributed by atoms with Crippen molar-refractivity contribution in [1.29, 1.82) is 0 Å². The van der Waals surface area contributed by atoms with Crippen molar-refractivity contribution in [2.24, 2.45) is 0 Å². The number of hydrogen-bond acceptors (Lipinski definition) is 3. The van der Waals surface area contributed by atoms with E-state index >= 15 is 0 Å². The molecule has 1 aromatic heterocycles. The molecule has 6 heteroatoms. The van der Waals surface area contributed by atoms with Gasteiger partial charge in [-0.05, 0) is 24.4 Å². The summed E-state index contributed by atoms with van der Waals surface area (Å²) in [5, 5.41) is 5.79. The highest BCUT2D eigenvalue weighted by Crippen LogP contribution is 2.12. The lowest BCUT2D eigenvalue weighted by atomic mass is 10.3. The van der Waals surface area contributed by atoms with Crippen LogP contribution in [0.2, 0.25) is 0 Å². The molecule has 1 aromatic carbocycles. The van der Waals surface area contributed by atoms with Gasteiger partial charge >= 0.3 is 0 Å². The van der Waals surface area contributed by atoms with Crippen LogP contribution in [0.5, 0.6) is 0 Å². The second kappa shape index (κ2) is 5.31. The fourth-order valence-electron chi connectivity index (χ4n) is 1.20. The van der Waals surface area contributed by atoms with Gasteiger partial charge in [0, 0.05) is 12.4 Å². The third kappa shape index (κ3) is 3.18. The first-order valence-corrected chi connectivity index (χ1v) is 5.25. The summed E-state index contributed by atoms with van der Waals surface area (Å²) >= 11 is 5.02. The van der Waals surface area contributed by atoms with Gasteiger partial charge in [-0.3, -0.25) is 4.98 Å². The summed E-state index contributed by atoms with van der Waals surface area (Å²) in [5.74, 6) is 0.136. The van der Waals surface area contributed by atoms with Gasteiger partial charge in [-0.15, -0.1) is 0 Å². The second-order valence-corrected chi connectivity index (χ2v) is 3.56. The number of hydrogen-bond donors (Lipinski definition) is 2. The molecule has 86 valence electrons. The van der Waals surface area contributed by atoms with Crippen LogP contribution in [0.1, 0.15) is 0 Å². The summed E-state index contributed by atoms with van der Waals surface area (Å²) in [7, 11) is 0. The zero-order chi connectivity index (χ0) is 12.1. The third-order valence-electron chi connectivity index (χ3n) is 1.93. The number of para-hydroxylation sites is 1. The summed E-state index contributed by atoms with van der Waals surface area (Å²) in [6.45, 7) is 0. The second-order valence-electron chi connectivity index (χ2n) is 3.15. The number of nitrogens with zero attached hydrogens (tertiary/aromatic N) is 2. The van der Waals surface area contributed by atoms with Crippen molar-refractivity contribution in [2.75, 3.05) is 10.6 Å². The molecular weight excluding hydrogens is 239 g/mol. The summed E-state index contributed by atoms with van der Waals surface area (Å²) in [4.78, 5) is 7.86. The van der Waals surface area contributed by atoms with Crippen LogP contribution < -0.4 is 10.6 Å². The number of halogens is 1. The number of aromatic nitrogens is 2. The Kier molecular flexibility index (Phi) is 3.56. The molecule has 0 amide bonds. The Morgan fingerprint density at radius 1 is 1.18 bits per heavy atom. The van der Waals surface area contributed by atoms with Crippen LogP contribution >= 0.6 is 12.2 Å². The first-order valence-electron chi connectivity index (χ1n) is 4.84. The van der Waals surface area contributed by atoms with Crippen LogP contribution in [0.15, 0.2) is 42.9 Å². The van der Waals surface area contributed by atoms with Crippen molar-refractivity contribution in [2.45, 2.75) is 0 Å². The van der Waals surface area contributed by atoms with Gasteiger partial charge in [-0.25, -0.2) is 9.37 Å². The number of thiocarbonyl (C=S) groups is 1. The number of benzene rings is 1. The monoisotopic (exact) mass is 248 g/mol. The lowest BCUT2D eigenvalue weighted by molar-refractivity contribution is 0.632. The van der Waals surface area contributed by atoms with Gasteiger partial charge in [-0.2, -0.15) is 0 Å². The molecular formula is C11H9FN4S. The zero-order valence-corrected chi connectivity index (χ0v) is 9.54. The minimum absolute atomic E-state index is 0.260. The van der Waals surface area contributed by atoms with Gasteiger partial charge in [0.1, 0.15) is 5.82 Å². The molecule has 0 saturated heterocycles. The van der Waals surface area contributed by atoms with Crippen molar-refractivity contribution in [3.05, 3.63) is 48.7 Å². The predicted molar refractivity (Wildman–Crippen MR) is 68.3 cm³/mol. The van der Waals surface area contributed by atoms with E-state index in [2.05, 4.69) is 20.6 Å². The van der Waals surface area contributed by atoms with Crippen molar-refractivity contribution < 1.29 is 4.39 Å². The van der Waals surface area contributed by atoms with Crippen LogP contribution in [0.25, 0.3) is 0 Å². The molecule has 4 nitrogen and oxygen atoms in total. The van der Waals surface area contributed by atoms with Crippen LogP contribution in [0.4, 0.5) is 15.9 Å². The molecule has 0 aliphatic rings. The first-order chi connectivity index (χ1) is 8.25. The average molecular weight is 248 g/mol. The minimum atomic E-state index is -0.365. The van der Waals surface area contributed by atoms with E-state index in [1.807, 2.05) is 0 Å². The predicted octanol–water partition coefficient (Wildman–Crippen LogP) is 2.42. The van der Waals surface area contributed by atoms with Crippen LogP contribution in [0, 0.1) is 5.82 Å². The van der Waals surface area contributed by atoms with E-state index in [1.165, 1.54) is 18.5 Å². The van der Waals surface area contributed by atoms with Gasteiger partial charge in [0.2, 0.25) is 0 Å². The van der Waals surface area contributed by atoms with Crippen molar-refractivity contribution in [3.8, 4) is 0 Å². The zero-order valence-electron chi connectivity index (χ0n) is 8.72. The van der Waals surface area contributed by atoms with E-state index in [-0.39, 0.29) is 10.9 Å². The SMILES string of the molecule is Fc1ccccc1NC(=S)Nc1cnccn1. The highest BCUT2D eigenvalue weighted by molar-refractivity contribution is 7.80. The molecule has 0 saturated carbocycles. The average Bonchev–Trinajstić information content (AvgIpc) is 2.33. The smallest absolute Gasteiger partial charge is 0.176 e. The minimum Gasteiger partial charge on any atom is -0.330 e. The molecule has 0 bridgehead atoms. The van der Waals surface area contributed by atoms with Crippen LogP contribution in [0.3, 0.4) is 0 Å². The Morgan fingerprint density at radius 2 is 2.00 bits per heavy atom. The Bertz CT molecular complexity index is 518. The molecule has 17 heavy (non-hydrogen) atoms. The van der Waals surface area contributed by atoms with Gasteiger partial charge in [0.05, 0.1) is 11.9 Å². The summed E-state index contributed by atoms with van der Waals surface area (Å²) in [6.07, 6.45) is 4.61. The van der Waals surface area contributed by atoms with Gasteiger partial charge in [0.25, 0.3) is 0 Å². The van der Waals surface area contributed by atoms with Crippen LogP contribution in [-0.2, 0) is 0 Å². The number of rotatable bonds is 2. The van der Waals surface area contributed by atoms with Gasteiger partial charge < -0.3 is 10.6 Å². The van der Waals surface area contributed by atoms with E-state index in [9.17, 15) is 4.39 Å². The van der Waals surface area contributed by atoms with Gasteiger partial charge in [0.15, 0.2) is 10.9 Å². The van der Waals surface area contributed by atoms with E-state index in [1.54, 1.807) is 24.4 Å². The standard InChI is InChI=1S/C11H9FN4S/c12-8-3-1-2-4-9(8)15-11(17)16-10-7-13-5-6-14-10/h1-7H,(H2,14,15,16,17). The normalized spacial score (nSPS) is 9.71. The largest absolute Gasteiger partial charge is 0.330 e. The van der Waals surface area contributed by atoms with E-state index < -0.39 is 0 Å².